The first kappa shape index (κ1) is 23.9. The Balaban J connectivity index is 0.00000274. The van der Waals surface area contributed by atoms with Crippen LogP contribution in [0.15, 0.2) is 41.1 Å². The summed E-state index contributed by atoms with van der Waals surface area (Å²) in [7, 11) is 1.62. The van der Waals surface area contributed by atoms with Gasteiger partial charge in [0.1, 0.15) is 5.75 Å². The monoisotopic (exact) mass is 481 g/mol. The predicted octanol–water partition coefficient (Wildman–Crippen LogP) is 2.70. The molecule has 0 unspecified atom stereocenters. The van der Waals surface area contributed by atoms with Gasteiger partial charge in [-0.1, -0.05) is 5.92 Å². The number of piperazine rings is 1. The van der Waals surface area contributed by atoms with Crippen molar-refractivity contribution in [2.45, 2.75) is 12.8 Å². The Morgan fingerprint density at radius 3 is 2.65 bits per heavy atom. The van der Waals surface area contributed by atoms with Crippen LogP contribution < -0.4 is 15.0 Å². The van der Waals surface area contributed by atoms with Crippen molar-refractivity contribution in [1.29, 1.82) is 0 Å². The molecule has 0 spiro atoms. The SMILES string of the molecule is COc1ccc(N2CCN(C(=O)C3CCNCC3)CC2)c2oc(C#Cc3cccnc3)nc12.Cl. The standard InChI is InChI=1S/C25H27N5O3.ClH/c1-32-21-6-5-20(24-23(21)28-22(33-24)7-4-18-3-2-10-27-17-18)29-13-15-30(16-14-29)25(31)19-8-11-26-12-9-19;/h2-3,5-6,10,17,19,26H,8-9,11-16H2,1H3;1H. The molecule has 178 valence electrons. The number of hydrogen-bond acceptors (Lipinski definition) is 7. The smallest absolute Gasteiger partial charge is 0.274 e. The van der Waals surface area contributed by atoms with E-state index in [9.17, 15) is 4.79 Å². The highest BCUT2D eigenvalue weighted by atomic mass is 35.5. The second-order valence-corrected chi connectivity index (χ2v) is 8.31. The molecule has 2 aliphatic heterocycles. The molecule has 2 aromatic heterocycles. The van der Waals surface area contributed by atoms with Crippen LogP contribution in [0.3, 0.4) is 0 Å². The number of halogens is 1. The molecular weight excluding hydrogens is 454 g/mol. The van der Waals surface area contributed by atoms with Gasteiger partial charge in [-0.25, -0.2) is 0 Å². The Bertz CT molecular complexity index is 1190. The molecule has 1 N–H and O–H groups in total. The molecule has 3 aromatic rings. The van der Waals surface area contributed by atoms with E-state index < -0.39 is 0 Å². The number of nitrogens with one attached hydrogen (secondary N) is 1. The van der Waals surface area contributed by atoms with E-state index in [1.54, 1.807) is 19.5 Å². The van der Waals surface area contributed by atoms with Gasteiger partial charge in [-0.2, -0.15) is 4.98 Å². The Morgan fingerprint density at radius 2 is 1.94 bits per heavy atom. The van der Waals surface area contributed by atoms with Gasteiger partial charge in [0.05, 0.1) is 12.8 Å². The minimum atomic E-state index is 0. The molecule has 5 rings (SSSR count). The summed E-state index contributed by atoms with van der Waals surface area (Å²) < 4.78 is 11.6. The largest absolute Gasteiger partial charge is 0.494 e. The van der Waals surface area contributed by atoms with Crippen LogP contribution in [0.5, 0.6) is 5.75 Å². The third kappa shape index (κ3) is 4.96. The van der Waals surface area contributed by atoms with Crippen molar-refractivity contribution < 1.29 is 13.9 Å². The summed E-state index contributed by atoms with van der Waals surface area (Å²) in [5.41, 5.74) is 3.05. The van der Waals surface area contributed by atoms with Crippen LogP contribution in [0.1, 0.15) is 24.3 Å². The van der Waals surface area contributed by atoms with Gasteiger partial charge in [-0.3, -0.25) is 9.78 Å². The summed E-state index contributed by atoms with van der Waals surface area (Å²) in [6.45, 7) is 4.76. The lowest BCUT2D eigenvalue weighted by Crippen LogP contribution is -2.51. The molecule has 34 heavy (non-hydrogen) atoms. The van der Waals surface area contributed by atoms with Crippen LogP contribution in [0.4, 0.5) is 5.69 Å². The number of anilines is 1. The number of carbonyl (C=O) groups excluding carboxylic acids is 1. The summed E-state index contributed by atoms with van der Waals surface area (Å²) in [5.74, 6) is 7.45. The fourth-order valence-electron chi connectivity index (χ4n) is 4.49. The van der Waals surface area contributed by atoms with Gasteiger partial charge in [-0.05, 0) is 56.1 Å². The molecule has 0 bridgehead atoms. The third-order valence-electron chi connectivity index (χ3n) is 6.30. The Labute approximate surface area is 205 Å². The van der Waals surface area contributed by atoms with E-state index in [1.807, 2.05) is 29.2 Å². The summed E-state index contributed by atoms with van der Waals surface area (Å²) in [6.07, 6.45) is 5.27. The summed E-state index contributed by atoms with van der Waals surface area (Å²) in [6, 6.07) is 7.63. The molecule has 0 atom stereocenters. The fourth-order valence-corrected chi connectivity index (χ4v) is 4.49. The van der Waals surface area contributed by atoms with E-state index in [0.717, 1.165) is 50.3 Å². The highest BCUT2D eigenvalue weighted by Gasteiger charge is 2.29. The summed E-state index contributed by atoms with van der Waals surface area (Å²) in [5, 5.41) is 3.33. The molecule has 1 aromatic carbocycles. The maximum absolute atomic E-state index is 12.9. The number of benzene rings is 1. The quantitative estimate of drug-likeness (QED) is 0.576. The lowest BCUT2D eigenvalue weighted by atomic mass is 9.96. The lowest BCUT2D eigenvalue weighted by molar-refractivity contribution is -0.136. The van der Waals surface area contributed by atoms with E-state index in [4.69, 9.17) is 9.15 Å². The van der Waals surface area contributed by atoms with Gasteiger partial charge in [0.25, 0.3) is 5.89 Å². The first-order chi connectivity index (χ1) is 16.2. The molecule has 2 fully saturated rings. The predicted molar refractivity (Wildman–Crippen MR) is 132 cm³/mol. The van der Waals surface area contributed by atoms with Crippen LogP contribution >= 0.6 is 12.4 Å². The number of carbonyl (C=O) groups is 1. The van der Waals surface area contributed by atoms with E-state index >= 15 is 0 Å². The average Bonchev–Trinajstić information content (AvgIpc) is 3.32. The first-order valence-electron chi connectivity index (χ1n) is 11.4. The van der Waals surface area contributed by atoms with Crippen molar-refractivity contribution in [2.24, 2.45) is 5.92 Å². The van der Waals surface area contributed by atoms with Gasteiger partial charge in [0, 0.05) is 50.1 Å². The number of oxazole rings is 1. The number of amides is 1. The van der Waals surface area contributed by atoms with Gasteiger partial charge in [0.15, 0.2) is 11.1 Å². The summed E-state index contributed by atoms with van der Waals surface area (Å²) in [4.78, 5) is 25.8. The van der Waals surface area contributed by atoms with Crippen LogP contribution in [0.25, 0.3) is 11.1 Å². The zero-order valence-electron chi connectivity index (χ0n) is 19.1. The highest BCUT2D eigenvalue weighted by molar-refractivity contribution is 5.92. The number of ether oxygens (including phenoxy) is 1. The third-order valence-corrected chi connectivity index (χ3v) is 6.30. The topological polar surface area (TPSA) is 83.7 Å². The number of piperidine rings is 1. The van der Waals surface area contributed by atoms with Gasteiger partial charge in [0.2, 0.25) is 5.91 Å². The molecule has 0 saturated carbocycles. The number of pyridine rings is 1. The molecule has 2 saturated heterocycles. The minimum absolute atomic E-state index is 0. The summed E-state index contributed by atoms with van der Waals surface area (Å²) >= 11 is 0. The maximum Gasteiger partial charge on any atom is 0.274 e. The number of hydrogen-bond donors (Lipinski definition) is 1. The highest BCUT2D eigenvalue weighted by Crippen LogP contribution is 2.34. The normalized spacial score (nSPS) is 16.5. The van der Waals surface area contributed by atoms with Crippen LogP contribution in [-0.2, 0) is 4.79 Å². The molecule has 1 amide bonds. The van der Waals surface area contributed by atoms with Crippen molar-refractivity contribution in [3.05, 3.63) is 48.1 Å². The molecule has 2 aliphatic rings. The van der Waals surface area contributed by atoms with Crippen molar-refractivity contribution in [1.82, 2.24) is 20.2 Å². The second-order valence-electron chi connectivity index (χ2n) is 8.31. The van der Waals surface area contributed by atoms with Gasteiger partial charge >= 0.3 is 0 Å². The number of rotatable bonds is 3. The van der Waals surface area contributed by atoms with Gasteiger partial charge in [-0.15, -0.1) is 12.4 Å². The molecule has 9 heteroatoms. The van der Waals surface area contributed by atoms with Crippen molar-refractivity contribution in [2.75, 3.05) is 51.3 Å². The maximum atomic E-state index is 12.9. The van der Waals surface area contributed by atoms with Crippen LogP contribution in [0, 0.1) is 17.8 Å². The van der Waals surface area contributed by atoms with Crippen molar-refractivity contribution in [3.8, 4) is 17.6 Å². The van der Waals surface area contributed by atoms with Crippen LogP contribution in [-0.4, -0.2) is 67.2 Å². The first-order valence-corrected chi connectivity index (χ1v) is 11.4. The Kier molecular flexibility index (Phi) is 7.56. The molecule has 0 aliphatic carbocycles. The van der Waals surface area contributed by atoms with Gasteiger partial charge < -0.3 is 24.3 Å². The number of aromatic nitrogens is 2. The van der Waals surface area contributed by atoms with Crippen molar-refractivity contribution in [3.63, 3.8) is 0 Å². The van der Waals surface area contributed by atoms with Crippen molar-refractivity contribution >= 4 is 35.1 Å². The Hall–Kier alpha value is -3.28. The van der Waals surface area contributed by atoms with E-state index in [-0.39, 0.29) is 18.3 Å². The Morgan fingerprint density at radius 1 is 1.15 bits per heavy atom. The van der Waals surface area contributed by atoms with E-state index in [2.05, 4.69) is 32.0 Å². The molecule has 8 nitrogen and oxygen atoms in total. The zero-order chi connectivity index (χ0) is 22.6. The molecule has 4 heterocycles. The fraction of sp³-hybridized carbons (Fsp3) is 0.400. The minimum Gasteiger partial charge on any atom is -0.494 e. The van der Waals surface area contributed by atoms with E-state index in [1.165, 1.54) is 0 Å². The number of methoxy groups -OCH3 is 1. The zero-order valence-corrected chi connectivity index (χ0v) is 19.9. The van der Waals surface area contributed by atoms with Crippen LogP contribution in [0.2, 0.25) is 0 Å². The lowest BCUT2D eigenvalue weighted by Gasteiger charge is -2.38. The van der Waals surface area contributed by atoms with E-state index in [0.29, 0.717) is 41.7 Å². The average molecular weight is 482 g/mol. The number of nitrogens with zero attached hydrogens (tertiary/aromatic N) is 4. The second kappa shape index (κ2) is 10.8. The molecule has 0 radical (unpaired) electrons. The number of fused-ring (bicyclic) bond motifs is 1. The molecular formula is C25H28ClN5O3.